The Morgan fingerprint density at radius 3 is 2.44 bits per heavy atom. The molecule has 18 heavy (non-hydrogen) atoms. The van der Waals surface area contributed by atoms with Crippen molar-refractivity contribution in [3.05, 3.63) is 40.4 Å². The lowest BCUT2D eigenvalue weighted by Crippen LogP contribution is -2.13. The molecule has 0 amide bonds. The molecule has 1 rings (SSSR count). The van der Waals surface area contributed by atoms with Crippen LogP contribution < -0.4 is 10.1 Å². The summed E-state index contributed by atoms with van der Waals surface area (Å²) < 4.78 is 5.40. The Bertz CT molecular complexity index is 359. The molecule has 0 aliphatic rings. The Hall–Kier alpha value is -0.410. The highest BCUT2D eigenvalue weighted by Crippen LogP contribution is 2.34. The minimum atomic E-state index is 0. The molecule has 0 radical (unpaired) electrons. The van der Waals surface area contributed by atoms with E-state index < -0.39 is 0 Å². The van der Waals surface area contributed by atoms with Crippen molar-refractivity contribution in [3.8, 4) is 5.75 Å². The van der Waals surface area contributed by atoms with E-state index in [4.69, 9.17) is 27.9 Å². The predicted octanol–water partition coefficient (Wildman–Crippen LogP) is 4.48. The van der Waals surface area contributed by atoms with E-state index in [1.165, 1.54) is 0 Å². The third-order valence-electron chi connectivity index (χ3n) is 2.16. The van der Waals surface area contributed by atoms with Gasteiger partial charge >= 0.3 is 0 Å². The Morgan fingerprint density at radius 1 is 1.33 bits per heavy atom. The van der Waals surface area contributed by atoms with Crippen LogP contribution in [0, 0.1) is 0 Å². The lowest BCUT2D eigenvalue weighted by Gasteiger charge is -2.11. The molecule has 0 saturated carbocycles. The average Bonchev–Trinajstić information content (AvgIpc) is 2.28. The van der Waals surface area contributed by atoms with Crippen molar-refractivity contribution in [2.75, 3.05) is 13.2 Å². The van der Waals surface area contributed by atoms with E-state index in [1.54, 1.807) is 6.08 Å². The van der Waals surface area contributed by atoms with Gasteiger partial charge in [0, 0.05) is 6.54 Å². The van der Waals surface area contributed by atoms with E-state index in [-0.39, 0.29) is 12.4 Å². The summed E-state index contributed by atoms with van der Waals surface area (Å²) in [5, 5.41) is 4.36. The highest BCUT2D eigenvalue weighted by Gasteiger charge is 2.09. The van der Waals surface area contributed by atoms with Gasteiger partial charge in [-0.2, -0.15) is 0 Å². The summed E-state index contributed by atoms with van der Waals surface area (Å²) in [6.45, 7) is 7.84. The quantitative estimate of drug-likeness (QED) is 0.592. The van der Waals surface area contributed by atoms with E-state index >= 15 is 0 Å². The van der Waals surface area contributed by atoms with Gasteiger partial charge in [-0.1, -0.05) is 42.8 Å². The summed E-state index contributed by atoms with van der Waals surface area (Å²) in [4.78, 5) is 0. The fourth-order valence-electron chi connectivity index (χ4n) is 1.40. The van der Waals surface area contributed by atoms with Crippen LogP contribution in [0.1, 0.15) is 18.9 Å². The molecule has 1 N–H and O–H groups in total. The zero-order valence-corrected chi connectivity index (χ0v) is 12.7. The van der Waals surface area contributed by atoms with Gasteiger partial charge in [0.05, 0.1) is 10.0 Å². The molecule has 1 aromatic rings. The molecule has 102 valence electrons. The van der Waals surface area contributed by atoms with Crippen LogP contribution in [0.15, 0.2) is 24.8 Å². The minimum absolute atomic E-state index is 0. The molecule has 0 aliphatic heterocycles. The van der Waals surface area contributed by atoms with Crippen molar-refractivity contribution in [1.29, 1.82) is 0 Å². The van der Waals surface area contributed by atoms with Crippen molar-refractivity contribution in [1.82, 2.24) is 5.32 Å². The van der Waals surface area contributed by atoms with E-state index in [9.17, 15) is 0 Å². The van der Waals surface area contributed by atoms with E-state index in [1.807, 2.05) is 12.1 Å². The van der Waals surface area contributed by atoms with Crippen molar-refractivity contribution in [3.63, 3.8) is 0 Å². The monoisotopic (exact) mass is 309 g/mol. The molecule has 0 atom stereocenters. The molecule has 0 bridgehead atoms. The second kappa shape index (κ2) is 9.51. The van der Waals surface area contributed by atoms with Crippen LogP contribution in [0.4, 0.5) is 0 Å². The fraction of sp³-hybridized carbons (Fsp3) is 0.385. The molecule has 0 aromatic heterocycles. The SMILES string of the molecule is C=CCOc1c(Cl)cc(CNCCC)cc1Cl.Cl. The first kappa shape index (κ1) is 17.6. The standard InChI is InChI=1S/C13H17Cl2NO.ClH/c1-3-5-16-9-10-7-11(14)13(12(15)8-10)17-6-4-2;/h4,7-8,16H,2-3,5-6,9H2,1H3;1H. The molecule has 0 fully saturated rings. The first-order valence-corrected chi connectivity index (χ1v) is 6.37. The normalized spacial score (nSPS) is 9.72. The summed E-state index contributed by atoms with van der Waals surface area (Å²) in [5.74, 6) is 0.521. The van der Waals surface area contributed by atoms with Crippen molar-refractivity contribution in [2.45, 2.75) is 19.9 Å². The van der Waals surface area contributed by atoms with Crippen LogP contribution in [-0.2, 0) is 6.54 Å². The molecular formula is C13H18Cl3NO. The van der Waals surface area contributed by atoms with Crippen LogP contribution in [0.5, 0.6) is 5.75 Å². The molecule has 0 heterocycles. The van der Waals surface area contributed by atoms with Gasteiger partial charge in [-0.3, -0.25) is 0 Å². The van der Waals surface area contributed by atoms with Crippen LogP contribution in [0.2, 0.25) is 10.0 Å². The predicted molar refractivity (Wildman–Crippen MR) is 81.4 cm³/mol. The Kier molecular flexibility index (Phi) is 9.29. The molecule has 0 unspecified atom stereocenters. The van der Waals surface area contributed by atoms with Gasteiger partial charge in [0.2, 0.25) is 0 Å². The smallest absolute Gasteiger partial charge is 0.156 e. The average molecular weight is 311 g/mol. The summed E-state index contributed by atoms with van der Waals surface area (Å²) in [5.41, 5.74) is 1.06. The second-order valence-electron chi connectivity index (χ2n) is 3.67. The maximum absolute atomic E-state index is 6.11. The third kappa shape index (κ3) is 5.49. The number of hydrogen-bond acceptors (Lipinski definition) is 2. The first-order chi connectivity index (χ1) is 8.19. The lowest BCUT2D eigenvalue weighted by atomic mass is 10.2. The van der Waals surface area contributed by atoms with Gasteiger partial charge < -0.3 is 10.1 Å². The molecule has 0 saturated heterocycles. The van der Waals surface area contributed by atoms with Crippen molar-refractivity contribution >= 4 is 35.6 Å². The van der Waals surface area contributed by atoms with Gasteiger partial charge in [-0.15, -0.1) is 12.4 Å². The van der Waals surface area contributed by atoms with Crippen LogP contribution in [0.3, 0.4) is 0 Å². The first-order valence-electron chi connectivity index (χ1n) is 5.61. The highest BCUT2D eigenvalue weighted by molar-refractivity contribution is 6.37. The maximum atomic E-state index is 6.11. The summed E-state index contributed by atoms with van der Waals surface area (Å²) >= 11 is 12.2. The highest BCUT2D eigenvalue weighted by atomic mass is 35.5. The van der Waals surface area contributed by atoms with Crippen LogP contribution in [-0.4, -0.2) is 13.2 Å². The van der Waals surface area contributed by atoms with Gasteiger partial charge in [0.15, 0.2) is 5.75 Å². The number of ether oxygens (including phenoxy) is 1. The molecule has 5 heteroatoms. The molecule has 1 aromatic carbocycles. The number of nitrogens with one attached hydrogen (secondary N) is 1. The largest absolute Gasteiger partial charge is 0.486 e. The number of rotatable bonds is 7. The Labute approximate surface area is 125 Å². The number of benzene rings is 1. The topological polar surface area (TPSA) is 21.3 Å². The lowest BCUT2D eigenvalue weighted by molar-refractivity contribution is 0.363. The van der Waals surface area contributed by atoms with Crippen molar-refractivity contribution in [2.24, 2.45) is 0 Å². The van der Waals surface area contributed by atoms with Crippen LogP contribution >= 0.6 is 35.6 Å². The third-order valence-corrected chi connectivity index (χ3v) is 2.72. The van der Waals surface area contributed by atoms with Gasteiger partial charge in [0.1, 0.15) is 6.61 Å². The molecule has 0 aliphatic carbocycles. The van der Waals surface area contributed by atoms with E-state index in [2.05, 4.69) is 18.8 Å². The Balaban J connectivity index is 0.00000289. The molecule has 0 spiro atoms. The molecular weight excluding hydrogens is 293 g/mol. The summed E-state index contributed by atoms with van der Waals surface area (Å²) in [7, 11) is 0. The van der Waals surface area contributed by atoms with Crippen LogP contribution in [0.25, 0.3) is 0 Å². The molecule has 2 nitrogen and oxygen atoms in total. The maximum Gasteiger partial charge on any atom is 0.156 e. The second-order valence-corrected chi connectivity index (χ2v) is 4.48. The van der Waals surface area contributed by atoms with Gasteiger partial charge in [-0.05, 0) is 30.7 Å². The number of hydrogen-bond donors (Lipinski definition) is 1. The number of halogens is 3. The van der Waals surface area contributed by atoms with Crippen molar-refractivity contribution < 1.29 is 4.74 Å². The minimum Gasteiger partial charge on any atom is -0.486 e. The zero-order chi connectivity index (χ0) is 12.7. The van der Waals surface area contributed by atoms with E-state index in [0.29, 0.717) is 22.4 Å². The van der Waals surface area contributed by atoms with Gasteiger partial charge in [-0.25, -0.2) is 0 Å². The van der Waals surface area contributed by atoms with Gasteiger partial charge in [0.25, 0.3) is 0 Å². The zero-order valence-electron chi connectivity index (χ0n) is 10.3. The summed E-state index contributed by atoms with van der Waals surface area (Å²) in [6.07, 6.45) is 2.76. The fourth-order valence-corrected chi connectivity index (χ4v) is 2.05. The van der Waals surface area contributed by atoms with E-state index in [0.717, 1.165) is 25.1 Å². The Morgan fingerprint density at radius 2 is 1.94 bits per heavy atom. The summed E-state index contributed by atoms with van der Waals surface area (Å²) in [6, 6.07) is 3.74.